The fourth-order valence-corrected chi connectivity index (χ4v) is 2.33. The molecule has 0 spiro atoms. The minimum absolute atomic E-state index is 0.715. The van der Waals surface area contributed by atoms with Crippen LogP contribution in [0.4, 0.5) is 0 Å². The maximum Gasteiger partial charge on any atom is 0.213 e. The van der Waals surface area contributed by atoms with E-state index in [1.807, 2.05) is 12.1 Å². The lowest BCUT2D eigenvalue weighted by Crippen LogP contribution is -2.31. The van der Waals surface area contributed by atoms with E-state index < -0.39 is 0 Å². The summed E-state index contributed by atoms with van der Waals surface area (Å²) >= 11 is 3.35. The molecule has 2 rings (SSSR count). The number of likely N-dealkylation sites (tertiary alicyclic amines) is 1. The van der Waals surface area contributed by atoms with Crippen LogP contribution in [-0.2, 0) is 0 Å². The van der Waals surface area contributed by atoms with Gasteiger partial charge in [0.2, 0.25) is 5.88 Å². The van der Waals surface area contributed by atoms with Crippen LogP contribution in [0.1, 0.15) is 25.7 Å². The van der Waals surface area contributed by atoms with Crippen LogP contribution in [0.3, 0.4) is 0 Å². The van der Waals surface area contributed by atoms with Gasteiger partial charge in [0.05, 0.1) is 6.61 Å². The molecule has 0 amide bonds. The Balaban J connectivity index is 1.60. The summed E-state index contributed by atoms with van der Waals surface area (Å²) in [5.41, 5.74) is 0. The van der Waals surface area contributed by atoms with Crippen molar-refractivity contribution in [2.75, 3.05) is 26.2 Å². The van der Waals surface area contributed by atoms with Crippen molar-refractivity contribution in [3.63, 3.8) is 0 Å². The highest BCUT2D eigenvalue weighted by molar-refractivity contribution is 9.10. The molecule has 0 unspecified atom stereocenters. The fourth-order valence-electron chi connectivity index (χ4n) is 2.10. The zero-order valence-electron chi connectivity index (χ0n) is 10.1. The van der Waals surface area contributed by atoms with Crippen molar-refractivity contribution in [2.45, 2.75) is 25.7 Å². The van der Waals surface area contributed by atoms with Crippen molar-refractivity contribution in [3.8, 4) is 5.88 Å². The van der Waals surface area contributed by atoms with E-state index in [9.17, 15) is 0 Å². The van der Waals surface area contributed by atoms with Crippen LogP contribution >= 0.6 is 15.9 Å². The first-order valence-corrected chi connectivity index (χ1v) is 7.10. The van der Waals surface area contributed by atoms with Crippen LogP contribution in [0.25, 0.3) is 0 Å². The molecule has 0 bridgehead atoms. The molecule has 0 aromatic carbocycles. The van der Waals surface area contributed by atoms with Crippen molar-refractivity contribution in [3.05, 3.63) is 22.8 Å². The van der Waals surface area contributed by atoms with E-state index in [1.54, 1.807) is 6.20 Å². The first-order valence-electron chi connectivity index (χ1n) is 6.31. The number of hydrogen-bond acceptors (Lipinski definition) is 3. The molecule has 94 valence electrons. The van der Waals surface area contributed by atoms with Crippen molar-refractivity contribution >= 4 is 15.9 Å². The summed E-state index contributed by atoms with van der Waals surface area (Å²) in [6, 6.07) is 3.85. The Labute approximate surface area is 111 Å². The van der Waals surface area contributed by atoms with Gasteiger partial charge in [-0.15, -0.1) is 0 Å². The molecular formula is C13H19BrN2O. The SMILES string of the molecule is Brc1ccc(OCCCN2CCCCC2)nc1. The van der Waals surface area contributed by atoms with Gasteiger partial charge in [0, 0.05) is 23.3 Å². The van der Waals surface area contributed by atoms with Gasteiger partial charge >= 0.3 is 0 Å². The molecule has 2 heterocycles. The zero-order chi connectivity index (χ0) is 11.9. The molecule has 0 aliphatic carbocycles. The van der Waals surface area contributed by atoms with Gasteiger partial charge in [0.25, 0.3) is 0 Å². The average Bonchev–Trinajstić information content (AvgIpc) is 2.38. The third-order valence-corrected chi connectivity index (χ3v) is 3.49. The highest BCUT2D eigenvalue weighted by Gasteiger charge is 2.08. The van der Waals surface area contributed by atoms with Gasteiger partial charge in [0.1, 0.15) is 0 Å². The normalized spacial score (nSPS) is 17.0. The molecule has 1 aliphatic heterocycles. The summed E-state index contributed by atoms with van der Waals surface area (Å²) < 4.78 is 6.58. The molecule has 1 aromatic heterocycles. The highest BCUT2D eigenvalue weighted by Crippen LogP contribution is 2.13. The molecule has 17 heavy (non-hydrogen) atoms. The number of aromatic nitrogens is 1. The molecular weight excluding hydrogens is 280 g/mol. The summed E-state index contributed by atoms with van der Waals surface area (Å²) in [6.45, 7) is 4.43. The fraction of sp³-hybridized carbons (Fsp3) is 0.615. The Morgan fingerprint density at radius 2 is 2.06 bits per heavy atom. The van der Waals surface area contributed by atoms with Gasteiger partial charge in [-0.1, -0.05) is 6.42 Å². The maximum absolute atomic E-state index is 5.59. The molecule has 1 aromatic rings. The third-order valence-electron chi connectivity index (χ3n) is 3.02. The number of ether oxygens (including phenoxy) is 1. The smallest absolute Gasteiger partial charge is 0.213 e. The lowest BCUT2D eigenvalue weighted by Gasteiger charge is -2.26. The van der Waals surface area contributed by atoms with E-state index in [1.165, 1.54) is 32.4 Å². The van der Waals surface area contributed by atoms with E-state index in [4.69, 9.17) is 4.74 Å². The average molecular weight is 299 g/mol. The zero-order valence-corrected chi connectivity index (χ0v) is 11.7. The molecule has 0 atom stereocenters. The van der Waals surface area contributed by atoms with Crippen molar-refractivity contribution in [1.29, 1.82) is 0 Å². The van der Waals surface area contributed by atoms with E-state index in [0.717, 1.165) is 24.0 Å². The summed E-state index contributed by atoms with van der Waals surface area (Å²) in [5.74, 6) is 0.715. The molecule has 1 saturated heterocycles. The Hall–Kier alpha value is -0.610. The number of halogens is 1. The van der Waals surface area contributed by atoms with Crippen LogP contribution in [0.2, 0.25) is 0 Å². The Bertz CT molecular complexity index is 323. The quantitative estimate of drug-likeness (QED) is 0.781. The standard InChI is InChI=1S/C13H19BrN2O/c14-12-5-6-13(15-11-12)17-10-4-9-16-7-2-1-3-8-16/h5-6,11H,1-4,7-10H2. The lowest BCUT2D eigenvalue weighted by atomic mass is 10.1. The van der Waals surface area contributed by atoms with Gasteiger partial charge < -0.3 is 9.64 Å². The van der Waals surface area contributed by atoms with Crippen LogP contribution in [-0.4, -0.2) is 36.1 Å². The number of hydrogen-bond donors (Lipinski definition) is 0. The monoisotopic (exact) mass is 298 g/mol. The Morgan fingerprint density at radius 1 is 1.24 bits per heavy atom. The Kier molecular flexibility index (Phi) is 5.26. The molecule has 0 N–H and O–H groups in total. The van der Waals surface area contributed by atoms with E-state index in [2.05, 4.69) is 25.8 Å². The van der Waals surface area contributed by atoms with Crippen LogP contribution < -0.4 is 4.74 Å². The number of piperidine rings is 1. The van der Waals surface area contributed by atoms with E-state index in [-0.39, 0.29) is 0 Å². The van der Waals surface area contributed by atoms with Crippen molar-refractivity contribution in [1.82, 2.24) is 9.88 Å². The van der Waals surface area contributed by atoms with Gasteiger partial charge in [-0.3, -0.25) is 0 Å². The van der Waals surface area contributed by atoms with Crippen LogP contribution in [0, 0.1) is 0 Å². The lowest BCUT2D eigenvalue weighted by molar-refractivity contribution is 0.203. The third kappa shape index (κ3) is 4.64. The number of nitrogens with zero attached hydrogens (tertiary/aromatic N) is 2. The first kappa shape index (κ1) is 12.8. The van der Waals surface area contributed by atoms with Crippen molar-refractivity contribution in [2.24, 2.45) is 0 Å². The maximum atomic E-state index is 5.59. The molecule has 4 heteroatoms. The summed E-state index contributed by atoms with van der Waals surface area (Å²) in [5, 5.41) is 0. The molecule has 3 nitrogen and oxygen atoms in total. The van der Waals surface area contributed by atoms with Crippen LogP contribution in [0.15, 0.2) is 22.8 Å². The predicted octanol–water partition coefficient (Wildman–Crippen LogP) is 3.10. The first-order chi connectivity index (χ1) is 8.34. The minimum atomic E-state index is 0.715. The second kappa shape index (κ2) is 6.97. The highest BCUT2D eigenvalue weighted by atomic mass is 79.9. The molecule has 1 aliphatic rings. The van der Waals surface area contributed by atoms with Gasteiger partial charge in [-0.2, -0.15) is 0 Å². The second-order valence-electron chi connectivity index (χ2n) is 4.42. The molecule has 1 fully saturated rings. The molecule has 0 radical (unpaired) electrons. The summed E-state index contributed by atoms with van der Waals surface area (Å²) in [4.78, 5) is 6.71. The topological polar surface area (TPSA) is 25.4 Å². The predicted molar refractivity (Wildman–Crippen MR) is 72.3 cm³/mol. The minimum Gasteiger partial charge on any atom is -0.478 e. The summed E-state index contributed by atoms with van der Waals surface area (Å²) in [7, 11) is 0. The van der Waals surface area contributed by atoms with Gasteiger partial charge in [-0.25, -0.2) is 4.98 Å². The van der Waals surface area contributed by atoms with E-state index >= 15 is 0 Å². The second-order valence-corrected chi connectivity index (χ2v) is 5.33. The van der Waals surface area contributed by atoms with Crippen LogP contribution in [0.5, 0.6) is 5.88 Å². The van der Waals surface area contributed by atoms with Gasteiger partial charge in [0.15, 0.2) is 0 Å². The summed E-state index contributed by atoms with van der Waals surface area (Å²) in [6.07, 6.45) is 6.96. The number of rotatable bonds is 5. The number of pyridine rings is 1. The Morgan fingerprint density at radius 3 is 2.76 bits per heavy atom. The van der Waals surface area contributed by atoms with E-state index in [0.29, 0.717) is 5.88 Å². The molecule has 0 saturated carbocycles. The van der Waals surface area contributed by atoms with Crippen molar-refractivity contribution < 1.29 is 4.74 Å². The van der Waals surface area contributed by atoms with Gasteiger partial charge in [-0.05, 0) is 54.3 Å². The largest absolute Gasteiger partial charge is 0.478 e.